The van der Waals surface area contributed by atoms with Crippen LogP contribution in [0.2, 0.25) is 0 Å². The smallest absolute Gasteiger partial charge is 0.223 e. The first-order valence-corrected chi connectivity index (χ1v) is 6.45. The van der Waals surface area contributed by atoms with E-state index in [1.807, 2.05) is 0 Å². The summed E-state index contributed by atoms with van der Waals surface area (Å²) in [4.78, 5) is 11.8. The molecule has 0 bridgehead atoms. The van der Waals surface area contributed by atoms with Crippen LogP contribution in [0.1, 0.15) is 32.1 Å². The van der Waals surface area contributed by atoms with E-state index in [0.717, 1.165) is 45.6 Å². The van der Waals surface area contributed by atoms with E-state index < -0.39 is 0 Å². The fourth-order valence-electron chi connectivity index (χ4n) is 2.48. The molecular formula is C12H22N2O2. The van der Waals surface area contributed by atoms with Crippen molar-refractivity contribution in [1.29, 1.82) is 0 Å². The quantitative estimate of drug-likeness (QED) is 0.741. The summed E-state index contributed by atoms with van der Waals surface area (Å²) in [6.45, 7) is 3.43. The SMILES string of the molecule is O=C(NCC[C@@H]1CCCN1)C1CCOCC1. The molecule has 1 atom stereocenters. The molecule has 4 nitrogen and oxygen atoms in total. The third-order valence-corrected chi connectivity index (χ3v) is 3.55. The molecule has 0 unspecified atom stereocenters. The van der Waals surface area contributed by atoms with E-state index in [2.05, 4.69) is 10.6 Å². The van der Waals surface area contributed by atoms with Crippen molar-refractivity contribution in [2.45, 2.75) is 38.1 Å². The highest BCUT2D eigenvalue weighted by atomic mass is 16.5. The van der Waals surface area contributed by atoms with E-state index in [1.165, 1.54) is 12.8 Å². The zero-order valence-corrected chi connectivity index (χ0v) is 9.84. The van der Waals surface area contributed by atoms with E-state index in [1.54, 1.807) is 0 Å². The van der Waals surface area contributed by atoms with Crippen molar-refractivity contribution in [1.82, 2.24) is 10.6 Å². The van der Waals surface area contributed by atoms with E-state index >= 15 is 0 Å². The Hall–Kier alpha value is -0.610. The lowest BCUT2D eigenvalue weighted by molar-refractivity contribution is -0.127. The molecule has 2 heterocycles. The third kappa shape index (κ3) is 3.46. The monoisotopic (exact) mass is 226 g/mol. The second kappa shape index (κ2) is 6.21. The van der Waals surface area contributed by atoms with Gasteiger partial charge in [0.2, 0.25) is 5.91 Å². The van der Waals surface area contributed by atoms with Crippen molar-refractivity contribution in [3.63, 3.8) is 0 Å². The van der Waals surface area contributed by atoms with Crippen molar-refractivity contribution in [3.05, 3.63) is 0 Å². The lowest BCUT2D eigenvalue weighted by atomic mass is 9.99. The summed E-state index contributed by atoms with van der Waals surface area (Å²) in [7, 11) is 0. The molecule has 16 heavy (non-hydrogen) atoms. The van der Waals surface area contributed by atoms with Gasteiger partial charge in [-0.05, 0) is 38.6 Å². The molecule has 4 heteroatoms. The molecule has 0 spiro atoms. The molecule has 0 aromatic carbocycles. The van der Waals surface area contributed by atoms with Crippen LogP contribution < -0.4 is 10.6 Å². The number of carbonyl (C=O) groups excluding carboxylic acids is 1. The van der Waals surface area contributed by atoms with Crippen LogP contribution in [0.5, 0.6) is 0 Å². The average Bonchev–Trinajstić information content (AvgIpc) is 2.83. The van der Waals surface area contributed by atoms with Gasteiger partial charge < -0.3 is 15.4 Å². The predicted octanol–water partition coefficient (Wildman–Crippen LogP) is 0.671. The Morgan fingerprint density at radius 3 is 2.81 bits per heavy atom. The molecule has 0 radical (unpaired) electrons. The van der Waals surface area contributed by atoms with Gasteiger partial charge >= 0.3 is 0 Å². The first-order chi connectivity index (χ1) is 7.86. The zero-order valence-electron chi connectivity index (χ0n) is 9.84. The van der Waals surface area contributed by atoms with Gasteiger partial charge in [-0.15, -0.1) is 0 Å². The standard InChI is InChI=1S/C12H22N2O2/c15-12(10-4-8-16-9-5-10)14-7-3-11-2-1-6-13-11/h10-11,13H,1-9H2,(H,14,15)/t11-/m0/s1. The lowest BCUT2D eigenvalue weighted by Crippen LogP contribution is -2.36. The van der Waals surface area contributed by atoms with E-state index in [0.29, 0.717) is 6.04 Å². The first kappa shape index (κ1) is 11.9. The number of hydrogen-bond donors (Lipinski definition) is 2. The van der Waals surface area contributed by atoms with Gasteiger partial charge in [0.05, 0.1) is 0 Å². The molecule has 92 valence electrons. The van der Waals surface area contributed by atoms with Crippen LogP contribution in [-0.4, -0.2) is 38.3 Å². The number of rotatable bonds is 4. The van der Waals surface area contributed by atoms with Gasteiger partial charge in [0.1, 0.15) is 0 Å². The Labute approximate surface area is 97.1 Å². The summed E-state index contributed by atoms with van der Waals surface area (Å²) in [6, 6.07) is 0.620. The van der Waals surface area contributed by atoms with Crippen LogP contribution in [0.15, 0.2) is 0 Å². The topological polar surface area (TPSA) is 50.4 Å². The minimum absolute atomic E-state index is 0.185. The number of amides is 1. The van der Waals surface area contributed by atoms with E-state index in [9.17, 15) is 4.79 Å². The van der Waals surface area contributed by atoms with Crippen LogP contribution >= 0.6 is 0 Å². The van der Waals surface area contributed by atoms with Crippen LogP contribution in [0.3, 0.4) is 0 Å². The zero-order chi connectivity index (χ0) is 11.2. The maximum Gasteiger partial charge on any atom is 0.223 e. The molecular weight excluding hydrogens is 204 g/mol. The molecule has 2 fully saturated rings. The second-order valence-corrected chi connectivity index (χ2v) is 4.76. The van der Waals surface area contributed by atoms with Gasteiger partial charge in [0.25, 0.3) is 0 Å². The highest BCUT2D eigenvalue weighted by Crippen LogP contribution is 2.14. The van der Waals surface area contributed by atoms with Gasteiger partial charge in [-0.1, -0.05) is 0 Å². The number of nitrogens with one attached hydrogen (secondary N) is 2. The minimum atomic E-state index is 0.185. The molecule has 0 aliphatic carbocycles. The van der Waals surface area contributed by atoms with Gasteiger partial charge in [-0.25, -0.2) is 0 Å². The molecule has 2 rings (SSSR count). The summed E-state index contributed by atoms with van der Waals surface area (Å²) in [5, 5.41) is 6.48. The largest absolute Gasteiger partial charge is 0.381 e. The Morgan fingerprint density at radius 1 is 1.31 bits per heavy atom. The lowest BCUT2D eigenvalue weighted by Gasteiger charge is -2.21. The van der Waals surface area contributed by atoms with Crippen LogP contribution in [-0.2, 0) is 9.53 Å². The van der Waals surface area contributed by atoms with Crippen LogP contribution in [0, 0.1) is 5.92 Å². The highest BCUT2D eigenvalue weighted by Gasteiger charge is 2.21. The maximum atomic E-state index is 11.8. The molecule has 2 aliphatic heterocycles. The highest BCUT2D eigenvalue weighted by molar-refractivity contribution is 5.78. The van der Waals surface area contributed by atoms with Crippen LogP contribution in [0.25, 0.3) is 0 Å². The predicted molar refractivity (Wildman–Crippen MR) is 62.2 cm³/mol. The van der Waals surface area contributed by atoms with Gasteiger partial charge in [-0.2, -0.15) is 0 Å². The van der Waals surface area contributed by atoms with Gasteiger partial charge in [0, 0.05) is 31.7 Å². The third-order valence-electron chi connectivity index (χ3n) is 3.55. The van der Waals surface area contributed by atoms with E-state index in [4.69, 9.17) is 4.74 Å². The summed E-state index contributed by atoms with van der Waals surface area (Å²) >= 11 is 0. The molecule has 1 amide bonds. The number of carbonyl (C=O) groups is 1. The number of hydrogen-bond acceptors (Lipinski definition) is 3. The van der Waals surface area contributed by atoms with Gasteiger partial charge in [0.15, 0.2) is 0 Å². The van der Waals surface area contributed by atoms with E-state index in [-0.39, 0.29) is 11.8 Å². The van der Waals surface area contributed by atoms with Crippen LogP contribution in [0.4, 0.5) is 0 Å². The molecule has 2 aliphatic rings. The Morgan fingerprint density at radius 2 is 2.12 bits per heavy atom. The van der Waals surface area contributed by atoms with Crippen molar-refractivity contribution in [3.8, 4) is 0 Å². The Balaban J connectivity index is 1.59. The van der Waals surface area contributed by atoms with Crippen molar-refractivity contribution < 1.29 is 9.53 Å². The molecule has 0 aromatic rings. The second-order valence-electron chi connectivity index (χ2n) is 4.76. The summed E-state index contributed by atoms with van der Waals surface area (Å²) in [6.07, 6.45) is 5.36. The fraction of sp³-hybridized carbons (Fsp3) is 0.917. The Bertz CT molecular complexity index is 221. The first-order valence-electron chi connectivity index (χ1n) is 6.45. The molecule has 0 aromatic heterocycles. The maximum absolute atomic E-state index is 11.8. The summed E-state index contributed by atoms with van der Waals surface area (Å²) in [5.41, 5.74) is 0. The average molecular weight is 226 g/mol. The van der Waals surface area contributed by atoms with Crippen molar-refractivity contribution in [2.75, 3.05) is 26.3 Å². The fourth-order valence-corrected chi connectivity index (χ4v) is 2.48. The molecule has 0 saturated carbocycles. The Kier molecular flexibility index (Phi) is 4.60. The molecule has 2 N–H and O–H groups in total. The van der Waals surface area contributed by atoms with Gasteiger partial charge in [-0.3, -0.25) is 4.79 Å². The van der Waals surface area contributed by atoms with Crippen molar-refractivity contribution in [2.24, 2.45) is 5.92 Å². The normalized spacial score (nSPS) is 26.9. The summed E-state index contributed by atoms with van der Waals surface area (Å²) < 4.78 is 5.25. The minimum Gasteiger partial charge on any atom is -0.381 e. The number of ether oxygens (including phenoxy) is 1. The van der Waals surface area contributed by atoms with Crippen molar-refractivity contribution >= 4 is 5.91 Å². The summed E-state index contributed by atoms with van der Waals surface area (Å²) in [5.74, 6) is 0.409. The molecule has 2 saturated heterocycles.